The van der Waals surface area contributed by atoms with Gasteiger partial charge in [-0.05, 0) is 65.2 Å². The van der Waals surface area contributed by atoms with Gasteiger partial charge in [0, 0.05) is 11.4 Å². The van der Waals surface area contributed by atoms with E-state index in [9.17, 15) is 43.0 Å². The Hall–Kier alpha value is -5.80. The van der Waals surface area contributed by atoms with Crippen molar-refractivity contribution >= 4 is 47.1 Å². The van der Waals surface area contributed by atoms with E-state index in [4.69, 9.17) is 9.84 Å². The maximum absolute atomic E-state index is 13.7. The molecule has 5 N–H and O–H groups in total. The van der Waals surface area contributed by atoms with Crippen LogP contribution in [0.15, 0.2) is 103 Å². The monoisotopic (exact) mass is 733 g/mol. The van der Waals surface area contributed by atoms with Gasteiger partial charge in [-0.1, -0.05) is 54.6 Å². The number of aliphatic hydroxyl groups is 1. The van der Waals surface area contributed by atoms with Crippen LogP contribution in [-0.4, -0.2) is 68.6 Å². The van der Waals surface area contributed by atoms with Crippen LogP contribution in [0.25, 0.3) is 0 Å². The molecule has 12 nitrogen and oxygen atoms in total. The number of carbonyl (C=O) groups is 5. The molecule has 0 spiro atoms. The molecular weight excluding hydrogens is 700 g/mol. The summed E-state index contributed by atoms with van der Waals surface area (Å²) in [5.41, 5.74) is 1.97. The molecule has 1 heterocycles. The number of β-lactam (4-membered cyclic amide) rings is 1. The topological polar surface area (TPSA) is 183 Å². The molecule has 0 saturated carbocycles. The Morgan fingerprint density at radius 3 is 2.02 bits per heavy atom. The van der Waals surface area contributed by atoms with Gasteiger partial charge in [0.25, 0.3) is 5.91 Å². The number of carboxylic acids is 2. The van der Waals surface area contributed by atoms with Crippen molar-refractivity contribution in [1.82, 2.24) is 10.6 Å². The number of carbonyl (C=O) groups excluding carboxylic acids is 3. The first-order valence-electron chi connectivity index (χ1n) is 15.9. The van der Waals surface area contributed by atoms with E-state index in [0.717, 1.165) is 0 Å². The summed E-state index contributed by atoms with van der Waals surface area (Å²) < 4.78 is 32.7. The Bertz CT molecular complexity index is 1900. The van der Waals surface area contributed by atoms with Gasteiger partial charge in [-0.15, -0.1) is 11.8 Å². The SMILES string of the molecule is O=C(O)C[C@H](NC(=O)[C@H](NC(=O)COc1ccc([C@@H]2[C@@H](SCC(O)c3ccc(F)cc3)C(=O)N2c2ccc(F)cc2)cc1)c1ccccc1)C(=O)O. The normalized spacial score (nSPS) is 16.9. The molecular formula is C37H33F2N3O9S. The summed E-state index contributed by atoms with van der Waals surface area (Å²) in [4.78, 5) is 63.5. The lowest BCUT2D eigenvalue weighted by molar-refractivity contribution is -0.147. The number of ether oxygens (including phenoxy) is 1. The lowest BCUT2D eigenvalue weighted by Gasteiger charge is -2.47. The Morgan fingerprint density at radius 1 is 0.808 bits per heavy atom. The highest BCUT2D eigenvalue weighted by atomic mass is 32.2. The predicted octanol–water partition coefficient (Wildman–Crippen LogP) is 4.17. The molecule has 5 rings (SSSR count). The third-order valence-corrected chi connectivity index (χ3v) is 9.45. The number of benzene rings is 4. The second-order valence-corrected chi connectivity index (χ2v) is 12.9. The molecule has 5 atom stereocenters. The highest BCUT2D eigenvalue weighted by Gasteiger charge is 2.49. The summed E-state index contributed by atoms with van der Waals surface area (Å²) in [5.74, 6) is -5.41. The summed E-state index contributed by atoms with van der Waals surface area (Å²) in [5, 5.41) is 33.1. The lowest BCUT2D eigenvalue weighted by atomic mass is 9.92. The van der Waals surface area contributed by atoms with E-state index < -0.39 is 77.9 Å². The van der Waals surface area contributed by atoms with E-state index in [0.29, 0.717) is 22.4 Å². The van der Waals surface area contributed by atoms with Crippen molar-refractivity contribution in [3.05, 3.63) is 131 Å². The lowest BCUT2D eigenvalue weighted by Crippen LogP contribution is -2.57. The standard InChI is InChI=1S/C37H33F2N3O9S/c38-24-10-6-21(7-11-24)29(43)20-52-34-33(42(36(34)48)26-14-12-25(39)13-15-26)23-8-16-27(17-9-23)51-19-30(44)41-32(22-4-2-1-3-5-22)35(47)40-28(37(49)50)18-31(45)46/h1-17,28-29,32-34,43H,18-20H2,(H,40,47)(H,41,44)(H,45,46)(H,49,50)/t28-,29?,32+,33+,34+/m0/s1. The van der Waals surface area contributed by atoms with Gasteiger partial charge in [0.05, 0.1) is 18.6 Å². The molecule has 4 aromatic carbocycles. The van der Waals surface area contributed by atoms with E-state index in [1.165, 1.54) is 77.3 Å². The number of aliphatic hydroxyl groups excluding tert-OH is 1. The number of anilines is 1. The zero-order valence-corrected chi connectivity index (χ0v) is 28.0. The molecule has 0 aromatic heterocycles. The van der Waals surface area contributed by atoms with Crippen LogP contribution in [0.5, 0.6) is 5.75 Å². The van der Waals surface area contributed by atoms with Crippen LogP contribution in [0.3, 0.4) is 0 Å². The maximum Gasteiger partial charge on any atom is 0.326 e. The largest absolute Gasteiger partial charge is 0.484 e. The van der Waals surface area contributed by atoms with Gasteiger partial charge in [-0.3, -0.25) is 19.2 Å². The first kappa shape index (κ1) is 37.5. The van der Waals surface area contributed by atoms with Gasteiger partial charge in [0.1, 0.15) is 34.7 Å². The number of rotatable bonds is 16. The Morgan fingerprint density at radius 2 is 1.42 bits per heavy atom. The number of thioether (sulfide) groups is 1. The minimum absolute atomic E-state index is 0.143. The van der Waals surface area contributed by atoms with Crippen LogP contribution in [-0.2, 0) is 24.0 Å². The van der Waals surface area contributed by atoms with Crippen LogP contribution in [0, 0.1) is 11.6 Å². The van der Waals surface area contributed by atoms with Gasteiger partial charge in [-0.2, -0.15) is 0 Å². The number of amides is 3. The fourth-order valence-electron chi connectivity index (χ4n) is 5.50. The molecule has 1 fully saturated rings. The number of hydrogen-bond acceptors (Lipinski definition) is 8. The molecule has 0 aliphatic carbocycles. The van der Waals surface area contributed by atoms with Crippen LogP contribution in [0.4, 0.5) is 14.5 Å². The number of carboxylic acid groups (broad SMARTS) is 2. The van der Waals surface area contributed by atoms with Crippen LogP contribution >= 0.6 is 11.8 Å². The number of halogens is 2. The van der Waals surface area contributed by atoms with Crippen molar-refractivity contribution in [3.8, 4) is 5.75 Å². The summed E-state index contributed by atoms with van der Waals surface area (Å²) in [6, 6.07) is 21.8. The predicted molar refractivity (Wildman–Crippen MR) is 185 cm³/mol. The van der Waals surface area contributed by atoms with Crippen molar-refractivity contribution in [1.29, 1.82) is 0 Å². The summed E-state index contributed by atoms with van der Waals surface area (Å²) in [6.07, 6.45) is -1.83. The van der Waals surface area contributed by atoms with Crippen LogP contribution in [0.2, 0.25) is 0 Å². The average Bonchev–Trinajstić information content (AvgIpc) is 3.13. The van der Waals surface area contributed by atoms with E-state index in [2.05, 4.69) is 10.6 Å². The second kappa shape index (κ2) is 16.9. The highest BCUT2D eigenvalue weighted by Crippen LogP contribution is 2.46. The number of aliphatic carboxylic acids is 2. The Balaban J connectivity index is 1.26. The molecule has 1 unspecified atom stereocenters. The summed E-state index contributed by atoms with van der Waals surface area (Å²) in [6.45, 7) is -0.545. The van der Waals surface area contributed by atoms with E-state index in [1.807, 2.05) is 0 Å². The van der Waals surface area contributed by atoms with Crippen molar-refractivity contribution in [2.24, 2.45) is 0 Å². The molecule has 1 aliphatic heterocycles. The number of nitrogens with one attached hydrogen (secondary N) is 2. The fourth-order valence-corrected chi connectivity index (χ4v) is 6.80. The molecule has 4 aromatic rings. The molecule has 1 aliphatic rings. The average molecular weight is 734 g/mol. The third kappa shape index (κ3) is 9.30. The molecule has 0 bridgehead atoms. The first-order chi connectivity index (χ1) is 24.9. The van der Waals surface area contributed by atoms with E-state index >= 15 is 0 Å². The Kier molecular flexibility index (Phi) is 12.2. The molecule has 270 valence electrons. The zero-order valence-electron chi connectivity index (χ0n) is 27.2. The van der Waals surface area contributed by atoms with Gasteiger partial charge < -0.3 is 35.6 Å². The number of hydrogen-bond donors (Lipinski definition) is 5. The minimum Gasteiger partial charge on any atom is -0.484 e. The minimum atomic E-state index is -1.73. The van der Waals surface area contributed by atoms with Crippen LogP contribution in [0.1, 0.15) is 41.3 Å². The van der Waals surface area contributed by atoms with Crippen molar-refractivity contribution in [3.63, 3.8) is 0 Å². The molecule has 1 saturated heterocycles. The van der Waals surface area contributed by atoms with Gasteiger partial charge >= 0.3 is 11.9 Å². The fraction of sp³-hybridized carbons (Fsp3) is 0.216. The molecule has 0 radical (unpaired) electrons. The van der Waals surface area contributed by atoms with Crippen molar-refractivity contribution in [2.45, 2.75) is 35.9 Å². The zero-order chi connectivity index (χ0) is 37.4. The first-order valence-corrected chi connectivity index (χ1v) is 16.9. The summed E-state index contributed by atoms with van der Waals surface area (Å²) >= 11 is 1.23. The Labute approximate surface area is 300 Å². The maximum atomic E-state index is 13.7. The molecule has 15 heteroatoms. The number of nitrogens with zero attached hydrogens (tertiary/aromatic N) is 1. The molecule has 3 amide bonds. The van der Waals surface area contributed by atoms with Crippen molar-refractivity contribution in [2.75, 3.05) is 17.3 Å². The highest BCUT2D eigenvalue weighted by molar-refractivity contribution is 8.00. The quantitative estimate of drug-likeness (QED) is 0.105. The van der Waals surface area contributed by atoms with E-state index in [-0.39, 0.29) is 17.4 Å². The van der Waals surface area contributed by atoms with Crippen LogP contribution < -0.4 is 20.3 Å². The van der Waals surface area contributed by atoms with Gasteiger partial charge in [-0.25, -0.2) is 13.6 Å². The van der Waals surface area contributed by atoms with E-state index in [1.54, 1.807) is 42.5 Å². The third-order valence-electron chi connectivity index (χ3n) is 8.12. The van der Waals surface area contributed by atoms with Gasteiger partial charge in [0.2, 0.25) is 11.8 Å². The van der Waals surface area contributed by atoms with Gasteiger partial charge in [0.15, 0.2) is 6.61 Å². The molecule has 52 heavy (non-hydrogen) atoms. The summed E-state index contributed by atoms with van der Waals surface area (Å²) in [7, 11) is 0. The second-order valence-electron chi connectivity index (χ2n) is 11.7. The van der Waals surface area contributed by atoms with Crippen molar-refractivity contribution < 1.29 is 52.8 Å². The smallest absolute Gasteiger partial charge is 0.326 e.